The number of benzene rings is 2. The van der Waals surface area contributed by atoms with Crippen LogP contribution in [0.5, 0.6) is 0 Å². The van der Waals surface area contributed by atoms with Gasteiger partial charge in [0.05, 0.1) is 16.4 Å². The molecule has 0 atom stereocenters. The van der Waals surface area contributed by atoms with Gasteiger partial charge in [-0.15, -0.1) is 0 Å². The summed E-state index contributed by atoms with van der Waals surface area (Å²) in [5.41, 5.74) is 3.78. The van der Waals surface area contributed by atoms with Crippen molar-refractivity contribution >= 4 is 54.9 Å². The molecule has 2 aromatic carbocycles. The summed E-state index contributed by atoms with van der Waals surface area (Å²) in [6, 6.07) is 18.2. The van der Waals surface area contributed by atoms with Crippen LogP contribution in [0.4, 0.5) is 5.82 Å². The molecule has 2 aromatic heterocycles. The van der Waals surface area contributed by atoms with Crippen molar-refractivity contribution in [2.24, 2.45) is 0 Å². The molecule has 0 radical (unpaired) electrons. The molecule has 160 valence electrons. The minimum Gasteiger partial charge on any atom is -0.370 e. The maximum Gasteiger partial charge on any atom is 0.172 e. The van der Waals surface area contributed by atoms with E-state index in [2.05, 4.69) is 78.5 Å². The Labute approximate surface area is 203 Å². The van der Waals surface area contributed by atoms with Crippen LogP contribution in [0.3, 0.4) is 0 Å². The van der Waals surface area contributed by atoms with Crippen molar-refractivity contribution in [3.8, 4) is 11.3 Å². The summed E-state index contributed by atoms with van der Waals surface area (Å²) < 4.78 is 3.77. The molecule has 0 fully saturated rings. The van der Waals surface area contributed by atoms with Gasteiger partial charge in [0.25, 0.3) is 0 Å². The highest BCUT2D eigenvalue weighted by Crippen LogP contribution is 2.30. The molecular weight excluding hydrogens is 542 g/mol. The lowest BCUT2D eigenvalue weighted by atomic mass is 10.1. The molecular formula is C23H22Br2ClN5. The smallest absolute Gasteiger partial charge is 0.172 e. The normalized spacial score (nSPS) is 11.4. The van der Waals surface area contributed by atoms with Crippen LogP contribution in [0.15, 0.2) is 69.7 Å². The number of anilines is 1. The maximum absolute atomic E-state index is 6.41. The van der Waals surface area contributed by atoms with Gasteiger partial charge in [-0.25, -0.2) is 4.98 Å². The molecule has 0 saturated carbocycles. The quantitative estimate of drug-likeness (QED) is 0.248. The van der Waals surface area contributed by atoms with Gasteiger partial charge in [-0.3, -0.25) is 0 Å². The molecule has 1 N–H and O–H groups in total. The zero-order valence-electron chi connectivity index (χ0n) is 17.0. The predicted molar refractivity (Wildman–Crippen MR) is 135 cm³/mol. The molecule has 8 heteroatoms. The fraction of sp³-hybridized carbons (Fsp3) is 0.217. The highest BCUT2D eigenvalue weighted by Gasteiger charge is 2.13. The minimum absolute atomic E-state index is 0.676. The summed E-state index contributed by atoms with van der Waals surface area (Å²) >= 11 is 13.4. The summed E-state index contributed by atoms with van der Waals surface area (Å²) in [7, 11) is 2.15. The van der Waals surface area contributed by atoms with Crippen molar-refractivity contribution in [3.05, 3.63) is 80.3 Å². The molecule has 0 aliphatic heterocycles. The minimum atomic E-state index is 0.676. The number of nitrogens with zero attached hydrogens (tertiary/aromatic N) is 4. The molecule has 0 bridgehead atoms. The Morgan fingerprint density at radius 2 is 1.87 bits per heavy atom. The van der Waals surface area contributed by atoms with E-state index in [0.29, 0.717) is 5.02 Å². The molecule has 0 aliphatic rings. The average molecular weight is 564 g/mol. The van der Waals surface area contributed by atoms with E-state index in [1.807, 2.05) is 34.8 Å². The predicted octanol–water partition coefficient (Wildman–Crippen LogP) is 6.51. The highest BCUT2D eigenvalue weighted by molar-refractivity contribution is 9.10. The van der Waals surface area contributed by atoms with E-state index in [1.165, 1.54) is 5.56 Å². The molecule has 0 unspecified atom stereocenters. The van der Waals surface area contributed by atoms with Crippen LogP contribution in [-0.2, 0) is 6.54 Å². The van der Waals surface area contributed by atoms with Crippen LogP contribution >= 0.6 is 43.5 Å². The van der Waals surface area contributed by atoms with Crippen molar-refractivity contribution in [3.63, 3.8) is 0 Å². The van der Waals surface area contributed by atoms with Gasteiger partial charge in [-0.2, -0.15) is 9.61 Å². The van der Waals surface area contributed by atoms with E-state index >= 15 is 0 Å². The van der Waals surface area contributed by atoms with Crippen molar-refractivity contribution in [1.82, 2.24) is 19.5 Å². The van der Waals surface area contributed by atoms with Crippen molar-refractivity contribution in [2.45, 2.75) is 13.0 Å². The molecule has 0 spiro atoms. The van der Waals surface area contributed by atoms with Gasteiger partial charge in [0.1, 0.15) is 5.82 Å². The van der Waals surface area contributed by atoms with E-state index in [1.54, 1.807) is 6.20 Å². The van der Waals surface area contributed by atoms with E-state index in [9.17, 15) is 0 Å². The Hall–Kier alpha value is -1.93. The first-order valence-electron chi connectivity index (χ1n) is 9.97. The number of rotatable bonds is 8. The monoisotopic (exact) mass is 561 g/mol. The zero-order chi connectivity index (χ0) is 21.8. The Bertz CT molecular complexity index is 1180. The van der Waals surface area contributed by atoms with Crippen LogP contribution in [0.25, 0.3) is 16.9 Å². The van der Waals surface area contributed by atoms with Gasteiger partial charge in [-0.1, -0.05) is 57.9 Å². The Morgan fingerprint density at radius 1 is 1.10 bits per heavy atom. The summed E-state index contributed by atoms with van der Waals surface area (Å²) in [5.74, 6) is 0.890. The second kappa shape index (κ2) is 10.1. The molecule has 0 saturated heterocycles. The molecule has 31 heavy (non-hydrogen) atoms. The number of hydrogen-bond acceptors (Lipinski definition) is 4. The first-order valence-corrected chi connectivity index (χ1v) is 11.9. The second-order valence-electron chi connectivity index (χ2n) is 7.38. The molecule has 5 nitrogen and oxygen atoms in total. The van der Waals surface area contributed by atoms with E-state index in [0.717, 1.165) is 57.7 Å². The number of halogens is 3. The Balaban J connectivity index is 1.43. The number of aromatic nitrogens is 3. The van der Waals surface area contributed by atoms with E-state index in [4.69, 9.17) is 16.6 Å². The van der Waals surface area contributed by atoms with Crippen LogP contribution in [0, 0.1) is 0 Å². The lowest BCUT2D eigenvalue weighted by Gasteiger charge is -2.17. The van der Waals surface area contributed by atoms with E-state index in [-0.39, 0.29) is 0 Å². The molecule has 0 aliphatic carbocycles. The van der Waals surface area contributed by atoms with Gasteiger partial charge in [0, 0.05) is 34.2 Å². The number of nitrogens with one attached hydrogen (secondary N) is 1. The van der Waals surface area contributed by atoms with Crippen molar-refractivity contribution in [2.75, 3.05) is 25.5 Å². The van der Waals surface area contributed by atoms with Crippen molar-refractivity contribution in [1.29, 1.82) is 0 Å². The second-order valence-corrected chi connectivity index (χ2v) is 9.56. The molecule has 2 heterocycles. The fourth-order valence-corrected chi connectivity index (χ4v) is 4.26. The van der Waals surface area contributed by atoms with Gasteiger partial charge in [-0.05, 0) is 59.7 Å². The Morgan fingerprint density at radius 3 is 2.65 bits per heavy atom. The number of hydrogen-bond donors (Lipinski definition) is 1. The molecule has 4 rings (SSSR count). The van der Waals surface area contributed by atoms with Crippen LogP contribution in [-0.4, -0.2) is 39.6 Å². The zero-order valence-corrected chi connectivity index (χ0v) is 21.0. The maximum atomic E-state index is 6.41. The molecule has 0 amide bonds. The summed E-state index contributed by atoms with van der Waals surface area (Å²) in [6.07, 6.45) is 2.76. The lowest BCUT2D eigenvalue weighted by Crippen LogP contribution is -2.21. The molecule has 4 aromatic rings. The first kappa shape index (κ1) is 22.3. The van der Waals surface area contributed by atoms with Gasteiger partial charge < -0.3 is 10.2 Å². The van der Waals surface area contributed by atoms with Gasteiger partial charge in [0.15, 0.2) is 5.65 Å². The first-order chi connectivity index (χ1) is 15.0. The topological polar surface area (TPSA) is 45.5 Å². The third kappa shape index (κ3) is 5.47. The number of fused-ring (bicyclic) bond motifs is 1. The standard InChI is InChI=1S/C23H22Br2ClN5/c1-30(15-16-7-9-17(24)10-8-16)12-4-11-27-22-13-21(18-5-2-3-6-20(18)26)29-23-19(25)14-28-31(22)23/h2-3,5-10,13-14,27H,4,11-12,15H2,1H3. The highest BCUT2D eigenvalue weighted by atomic mass is 79.9. The summed E-state index contributed by atoms with van der Waals surface area (Å²) in [6.45, 7) is 2.73. The van der Waals surface area contributed by atoms with E-state index < -0.39 is 0 Å². The van der Waals surface area contributed by atoms with Crippen molar-refractivity contribution < 1.29 is 0 Å². The average Bonchev–Trinajstić information content (AvgIpc) is 3.14. The largest absolute Gasteiger partial charge is 0.370 e. The third-order valence-corrected chi connectivity index (χ3v) is 6.38. The summed E-state index contributed by atoms with van der Waals surface area (Å²) in [4.78, 5) is 7.08. The van der Waals surface area contributed by atoms with Gasteiger partial charge >= 0.3 is 0 Å². The fourth-order valence-electron chi connectivity index (χ4n) is 3.41. The van der Waals surface area contributed by atoms with Crippen LogP contribution in [0.2, 0.25) is 5.02 Å². The van der Waals surface area contributed by atoms with Crippen LogP contribution < -0.4 is 5.32 Å². The summed E-state index contributed by atoms with van der Waals surface area (Å²) in [5, 5.41) is 8.65. The Kier molecular flexibility index (Phi) is 7.27. The van der Waals surface area contributed by atoms with Crippen LogP contribution in [0.1, 0.15) is 12.0 Å². The van der Waals surface area contributed by atoms with Gasteiger partial charge in [0.2, 0.25) is 0 Å². The SMILES string of the molecule is CN(CCCNc1cc(-c2ccccc2Cl)nc2c(Br)cnn12)Cc1ccc(Br)cc1. The third-order valence-electron chi connectivity index (χ3n) is 4.97. The lowest BCUT2D eigenvalue weighted by molar-refractivity contribution is 0.325.